The Labute approximate surface area is 103 Å². The van der Waals surface area contributed by atoms with E-state index in [1.54, 1.807) is 6.26 Å². The van der Waals surface area contributed by atoms with Gasteiger partial charge >= 0.3 is 5.97 Å². The maximum atomic E-state index is 12.1. The largest absolute Gasteiger partial charge is 0.434 e. The maximum absolute atomic E-state index is 12.1. The normalized spacial score (nSPS) is 44.4. The van der Waals surface area contributed by atoms with Crippen molar-refractivity contribution < 1.29 is 9.53 Å². The molecular weight excluding hydrogens is 212 g/mol. The van der Waals surface area contributed by atoms with Gasteiger partial charge in [0.05, 0.1) is 11.7 Å². The van der Waals surface area contributed by atoms with Crippen LogP contribution >= 0.6 is 0 Å². The lowest BCUT2D eigenvalue weighted by Gasteiger charge is -2.37. The van der Waals surface area contributed by atoms with Gasteiger partial charge in [-0.25, -0.2) is 0 Å². The van der Waals surface area contributed by atoms with Gasteiger partial charge in [0.1, 0.15) is 0 Å². The van der Waals surface area contributed by atoms with E-state index in [4.69, 9.17) is 4.74 Å². The Kier molecular flexibility index (Phi) is 2.11. The van der Waals surface area contributed by atoms with Crippen molar-refractivity contribution in [2.75, 3.05) is 0 Å². The summed E-state index contributed by atoms with van der Waals surface area (Å²) in [5.74, 6) is 0.641. The van der Waals surface area contributed by atoms with Crippen LogP contribution in [0.5, 0.6) is 0 Å². The highest BCUT2D eigenvalue weighted by Gasteiger charge is 2.58. The lowest BCUT2D eigenvalue weighted by Crippen LogP contribution is -2.31. The fourth-order valence-electron chi connectivity index (χ4n) is 3.90. The van der Waals surface area contributed by atoms with Crippen molar-refractivity contribution in [3.8, 4) is 0 Å². The molecule has 1 heterocycles. The number of esters is 1. The van der Waals surface area contributed by atoms with E-state index >= 15 is 0 Å². The Morgan fingerprint density at radius 1 is 1.47 bits per heavy atom. The number of fused-ring (bicyclic) bond motifs is 1. The van der Waals surface area contributed by atoms with E-state index in [2.05, 4.69) is 19.9 Å². The highest BCUT2D eigenvalue weighted by molar-refractivity contribution is 5.85. The molecule has 0 saturated heterocycles. The second-order valence-electron chi connectivity index (χ2n) is 6.27. The SMILES string of the molecule is CC1=COC(=O)[C@]12CC1=CCC[C@H](C)[C@@]1(C)C2. The molecule has 17 heavy (non-hydrogen) atoms. The van der Waals surface area contributed by atoms with E-state index in [0.717, 1.165) is 18.4 Å². The number of ether oxygens (including phenoxy) is 1. The van der Waals surface area contributed by atoms with Crippen LogP contribution in [-0.2, 0) is 9.53 Å². The van der Waals surface area contributed by atoms with Gasteiger partial charge in [-0.3, -0.25) is 4.79 Å². The average molecular weight is 232 g/mol. The smallest absolute Gasteiger partial charge is 0.321 e. The number of hydrogen-bond acceptors (Lipinski definition) is 2. The van der Waals surface area contributed by atoms with Gasteiger partial charge in [-0.05, 0) is 49.5 Å². The second kappa shape index (κ2) is 3.24. The minimum Gasteiger partial charge on any atom is -0.434 e. The van der Waals surface area contributed by atoms with Gasteiger partial charge in [-0.15, -0.1) is 0 Å². The zero-order valence-corrected chi connectivity index (χ0v) is 10.9. The van der Waals surface area contributed by atoms with Crippen LogP contribution < -0.4 is 0 Å². The molecular formula is C15H20O2. The van der Waals surface area contributed by atoms with Crippen LogP contribution in [0.3, 0.4) is 0 Å². The summed E-state index contributed by atoms with van der Waals surface area (Å²) < 4.78 is 5.16. The number of rotatable bonds is 0. The number of carbonyl (C=O) groups excluding carboxylic acids is 1. The third-order valence-corrected chi connectivity index (χ3v) is 5.46. The summed E-state index contributed by atoms with van der Waals surface area (Å²) >= 11 is 0. The molecule has 0 bridgehead atoms. The van der Waals surface area contributed by atoms with Crippen molar-refractivity contribution in [3.63, 3.8) is 0 Å². The monoisotopic (exact) mass is 232 g/mol. The van der Waals surface area contributed by atoms with Crippen LogP contribution in [0.4, 0.5) is 0 Å². The molecule has 0 aromatic carbocycles. The summed E-state index contributed by atoms with van der Waals surface area (Å²) in [6.07, 6.45) is 8.26. The summed E-state index contributed by atoms with van der Waals surface area (Å²) in [5, 5.41) is 0. The third-order valence-electron chi connectivity index (χ3n) is 5.46. The predicted molar refractivity (Wildman–Crippen MR) is 66.1 cm³/mol. The Morgan fingerprint density at radius 3 is 2.82 bits per heavy atom. The van der Waals surface area contributed by atoms with Gasteiger partial charge in [0.25, 0.3) is 0 Å². The van der Waals surface area contributed by atoms with Crippen LogP contribution in [0, 0.1) is 16.7 Å². The molecule has 0 unspecified atom stereocenters. The Bertz CT molecular complexity index is 446. The molecule has 0 N–H and O–H groups in total. The Hall–Kier alpha value is -1.05. The molecule has 0 aromatic heterocycles. The van der Waals surface area contributed by atoms with E-state index in [-0.39, 0.29) is 16.8 Å². The molecule has 0 amide bonds. The molecule has 1 aliphatic heterocycles. The van der Waals surface area contributed by atoms with E-state index in [9.17, 15) is 4.79 Å². The van der Waals surface area contributed by atoms with Crippen LogP contribution in [-0.4, -0.2) is 5.97 Å². The minimum atomic E-state index is -0.334. The molecule has 3 rings (SSSR count). The van der Waals surface area contributed by atoms with Crippen molar-refractivity contribution in [3.05, 3.63) is 23.5 Å². The van der Waals surface area contributed by atoms with E-state index in [0.29, 0.717) is 5.92 Å². The Balaban J connectivity index is 2.06. The van der Waals surface area contributed by atoms with Crippen LogP contribution in [0.25, 0.3) is 0 Å². The molecule has 1 saturated carbocycles. The van der Waals surface area contributed by atoms with Crippen molar-refractivity contribution in [2.24, 2.45) is 16.7 Å². The van der Waals surface area contributed by atoms with Crippen molar-refractivity contribution in [2.45, 2.75) is 46.5 Å². The van der Waals surface area contributed by atoms with Gasteiger partial charge < -0.3 is 4.74 Å². The quantitative estimate of drug-likeness (QED) is 0.471. The number of allylic oxidation sites excluding steroid dienone is 2. The standard InChI is InChI=1S/C15H20O2/c1-10-5-4-6-12-7-15(9-14(10,12)3)11(2)8-17-13(15)16/h6,8,10H,4-5,7,9H2,1-3H3/t10-,14+,15-/m0/s1. The summed E-state index contributed by atoms with van der Waals surface area (Å²) in [4.78, 5) is 12.1. The van der Waals surface area contributed by atoms with Crippen LogP contribution in [0.1, 0.15) is 46.5 Å². The molecule has 3 atom stereocenters. The molecule has 1 fully saturated rings. The fraction of sp³-hybridized carbons (Fsp3) is 0.667. The van der Waals surface area contributed by atoms with E-state index in [1.165, 1.54) is 18.4 Å². The first-order valence-corrected chi connectivity index (χ1v) is 6.57. The lowest BCUT2D eigenvalue weighted by atomic mass is 9.67. The van der Waals surface area contributed by atoms with E-state index < -0.39 is 0 Å². The van der Waals surface area contributed by atoms with Gasteiger partial charge in [-0.2, -0.15) is 0 Å². The van der Waals surface area contributed by atoms with Crippen molar-refractivity contribution >= 4 is 5.97 Å². The van der Waals surface area contributed by atoms with Gasteiger partial charge in [0.2, 0.25) is 0 Å². The Morgan fingerprint density at radius 2 is 2.24 bits per heavy atom. The molecule has 2 heteroatoms. The third kappa shape index (κ3) is 1.24. The molecule has 2 nitrogen and oxygen atoms in total. The molecule has 92 valence electrons. The molecule has 0 radical (unpaired) electrons. The summed E-state index contributed by atoms with van der Waals surface area (Å²) in [6, 6.07) is 0. The highest BCUT2D eigenvalue weighted by Crippen LogP contribution is 2.63. The number of cyclic esters (lactones) is 1. The summed E-state index contributed by atoms with van der Waals surface area (Å²) in [6.45, 7) is 6.69. The van der Waals surface area contributed by atoms with Gasteiger partial charge in [0.15, 0.2) is 0 Å². The second-order valence-corrected chi connectivity index (χ2v) is 6.27. The molecule has 0 aromatic rings. The first-order valence-electron chi connectivity index (χ1n) is 6.57. The minimum absolute atomic E-state index is 0.0290. The van der Waals surface area contributed by atoms with Gasteiger partial charge in [-0.1, -0.05) is 25.5 Å². The maximum Gasteiger partial charge on any atom is 0.321 e. The molecule has 3 aliphatic rings. The summed E-state index contributed by atoms with van der Waals surface area (Å²) in [7, 11) is 0. The van der Waals surface area contributed by atoms with Crippen molar-refractivity contribution in [1.82, 2.24) is 0 Å². The number of carbonyl (C=O) groups is 1. The van der Waals surface area contributed by atoms with Crippen LogP contribution in [0.2, 0.25) is 0 Å². The fourth-order valence-corrected chi connectivity index (χ4v) is 3.90. The predicted octanol–water partition coefficient (Wildman–Crippen LogP) is 3.59. The first kappa shape index (κ1) is 11.1. The van der Waals surface area contributed by atoms with Crippen molar-refractivity contribution in [1.29, 1.82) is 0 Å². The van der Waals surface area contributed by atoms with Crippen LogP contribution in [0.15, 0.2) is 23.5 Å². The van der Waals surface area contributed by atoms with Gasteiger partial charge in [0, 0.05) is 0 Å². The first-order chi connectivity index (χ1) is 7.99. The lowest BCUT2D eigenvalue weighted by molar-refractivity contribution is -0.144. The highest BCUT2D eigenvalue weighted by atomic mass is 16.5. The topological polar surface area (TPSA) is 26.3 Å². The zero-order valence-electron chi connectivity index (χ0n) is 10.9. The zero-order chi connectivity index (χ0) is 12.3. The average Bonchev–Trinajstić information content (AvgIpc) is 2.74. The van der Waals surface area contributed by atoms with E-state index in [1.807, 2.05) is 6.92 Å². The molecule has 2 aliphatic carbocycles. The molecule has 1 spiro atoms. The number of hydrogen-bond donors (Lipinski definition) is 0. The summed E-state index contributed by atoms with van der Waals surface area (Å²) in [5.41, 5.74) is 2.48.